The Balaban J connectivity index is 2.48. The molecule has 3 nitrogen and oxygen atoms in total. The van der Waals surface area contributed by atoms with Gasteiger partial charge in [-0.15, -0.1) is 0 Å². The van der Waals surface area contributed by atoms with Crippen molar-refractivity contribution in [3.63, 3.8) is 0 Å². The number of aliphatic hydroxyl groups is 2. The van der Waals surface area contributed by atoms with Crippen LogP contribution in [0.15, 0.2) is 36.7 Å². The van der Waals surface area contributed by atoms with Gasteiger partial charge in [0.25, 0.3) is 0 Å². The second kappa shape index (κ2) is 6.14. The normalized spacial score (nSPS) is 14.1. The largest absolute Gasteiger partial charge is 0.390 e. The van der Waals surface area contributed by atoms with E-state index in [0.29, 0.717) is 6.42 Å². The Bertz CT molecular complexity index is 654. The van der Waals surface area contributed by atoms with E-state index in [9.17, 15) is 10.2 Å². The van der Waals surface area contributed by atoms with Crippen molar-refractivity contribution in [3.8, 4) is 5.69 Å². The molecule has 0 aliphatic rings. The summed E-state index contributed by atoms with van der Waals surface area (Å²) in [6.07, 6.45) is 4.70. The topological polar surface area (TPSA) is 45.4 Å². The van der Waals surface area contributed by atoms with Gasteiger partial charge in [-0.05, 0) is 57.9 Å². The zero-order valence-corrected chi connectivity index (χ0v) is 15.1. The third-order valence-corrected chi connectivity index (χ3v) is 4.43. The molecule has 1 unspecified atom stereocenters. The maximum atomic E-state index is 10.4. The third-order valence-electron chi connectivity index (χ3n) is 4.43. The van der Waals surface area contributed by atoms with Crippen LogP contribution in [-0.2, 0) is 6.42 Å². The lowest BCUT2D eigenvalue weighted by Gasteiger charge is -2.27. The molecule has 0 fully saturated rings. The lowest BCUT2D eigenvalue weighted by Crippen LogP contribution is -2.28. The smallest absolute Gasteiger partial charge is 0.0658 e. The molecule has 2 aromatic rings. The first kappa shape index (κ1) is 17.8. The molecule has 0 aliphatic heterocycles. The molecule has 23 heavy (non-hydrogen) atoms. The highest BCUT2D eigenvalue weighted by molar-refractivity contribution is 5.40. The minimum atomic E-state index is -0.812. The lowest BCUT2D eigenvalue weighted by molar-refractivity contribution is 0.0539. The first-order valence-corrected chi connectivity index (χ1v) is 8.20. The van der Waals surface area contributed by atoms with Gasteiger partial charge < -0.3 is 14.8 Å². The van der Waals surface area contributed by atoms with Gasteiger partial charge in [0.2, 0.25) is 0 Å². The van der Waals surface area contributed by atoms with Crippen molar-refractivity contribution in [3.05, 3.63) is 53.3 Å². The molecule has 0 radical (unpaired) electrons. The first-order valence-electron chi connectivity index (χ1n) is 8.20. The average molecular weight is 315 g/mol. The van der Waals surface area contributed by atoms with E-state index in [0.717, 1.165) is 16.8 Å². The van der Waals surface area contributed by atoms with Gasteiger partial charge in [0, 0.05) is 30.4 Å². The molecule has 0 aliphatic carbocycles. The minimum Gasteiger partial charge on any atom is -0.390 e. The van der Waals surface area contributed by atoms with Gasteiger partial charge in [-0.2, -0.15) is 0 Å². The van der Waals surface area contributed by atoms with Gasteiger partial charge in [0.1, 0.15) is 0 Å². The molecule has 1 aromatic carbocycles. The number of benzene rings is 1. The van der Waals surface area contributed by atoms with E-state index >= 15 is 0 Å². The van der Waals surface area contributed by atoms with Crippen molar-refractivity contribution < 1.29 is 10.2 Å². The number of rotatable bonds is 5. The van der Waals surface area contributed by atoms with Crippen LogP contribution in [0.25, 0.3) is 5.69 Å². The van der Waals surface area contributed by atoms with Crippen LogP contribution in [0.2, 0.25) is 0 Å². The van der Waals surface area contributed by atoms with E-state index in [1.165, 1.54) is 5.56 Å². The van der Waals surface area contributed by atoms with E-state index in [2.05, 4.69) is 48.1 Å². The summed E-state index contributed by atoms with van der Waals surface area (Å²) in [5.74, 6) is -0.0217. The fourth-order valence-electron chi connectivity index (χ4n) is 2.76. The van der Waals surface area contributed by atoms with Crippen LogP contribution >= 0.6 is 0 Å². The minimum absolute atomic E-state index is 0.0217. The Hall–Kier alpha value is -1.58. The Labute approximate surface area is 139 Å². The predicted molar refractivity (Wildman–Crippen MR) is 95.2 cm³/mol. The van der Waals surface area contributed by atoms with Crippen LogP contribution < -0.4 is 0 Å². The number of aromatic nitrogens is 1. The molecule has 0 saturated heterocycles. The highest BCUT2D eigenvalue weighted by atomic mass is 16.3. The standard InChI is InChI=1S/C20H29NO2/c1-14-7-9-17(10-8-14)21-12-16(11-19(3,4)22)18(13-21)15(2)20(5,6)23/h7-10,12-13,15,22-23H,11H2,1-6H3. The number of nitrogens with zero attached hydrogens (tertiary/aromatic N) is 1. The maximum Gasteiger partial charge on any atom is 0.0658 e. The SMILES string of the molecule is Cc1ccc(-n2cc(CC(C)(C)O)c(C(C)C(C)(C)O)c2)cc1. The summed E-state index contributed by atoms with van der Waals surface area (Å²) < 4.78 is 2.08. The fourth-order valence-corrected chi connectivity index (χ4v) is 2.76. The van der Waals surface area contributed by atoms with Crippen molar-refractivity contribution >= 4 is 0 Å². The monoisotopic (exact) mass is 315 g/mol. The molecule has 3 heteroatoms. The summed E-state index contributed by atoms with van der Waals surface area (Å²) in [5, 5.41) is 20.6. The molecule has 0 amide bonds. The van der Waals surface area contributed by atoms with Gasteiger partial charge in [-0.1, -0.05) is 24.6 Å². The molecule has 0 saturated carbocycles. The van der Waals surface area contributed by atoms with Gasteiger partial charge in [-0.3, -0.25) is 0 Å². The Morgan fingerprint density at radius 3 is 2.04 bits per heavy atom. The number of aryl methyl sites for hydroxylation is 1. The Morgan fingerprint density at radius 1 is 1.00 bits per heavy atom. The van der Waals surface area contributed by atoms with E-state index < -0.39 is 11.2 Å². The van der Waals surface area contributed by atoms with E-state index in [1.54, 1.807) is 0 Å². The van der Waals surface area contributed by atoms with Crippen LogP contribution in [0.3, 0.4) is 0 Å². The van der Waals surface area contributed by atoms with E-state index in [-0.39, 0.29) is 5.92 Å². The van der Waals surface area contributed by atoms with Crippen LogP contribution in [-0.4, -0.2) is 26.0 Å². The average Bonchev–Trinajstić information content (AvgIpc) is 2.79. The van der Waals surface area contributed by atoms with Gasteiger partial charge in [-0.25, -0.2) is 0 Å². The molecule has 0 spiro atoms. The van der Waals surface area contributed by atoms with Crippen LogP contribution in [0.5, 0.6) is 0 Å². The molecular weight excluding hydrogens is 286 g/mol. The summed E-state index contributed by atoms with van der Waals surface area (Å²) >= 11 is 0. The summed E-state index contributed by atoms with van der Waals surface area (Å²) in [6.45, 7) is 11.4. The highest BCUT2D eigenvalue weighted by Crippen LogP contribution is 2.33. The second-order valence-corrected chi connectivity index (χ2v) is 7.85. The number of hydrogen-bond acceptors (Lipinski definition) is 2. The zero-order valence-electron chi connectivity index (χ0n) is 15.1. The molecule has 1 atom stereocenters. The number of hydrogen-bond donors (Lipinski definition) is 2. The van der Waals surface area contributed by atoms with E-state index in [1.807, 2.05) is 34.6 Å². The third kappa shape index (κ3) is 4.46. The molecule has 126 valence electrons. The summed E-state index contributed by atoms with van der Waals surface area (Å²) in [7, 11) is 0. The highest BCUT2D eigenvalue weighted by Gasteiger charge is 2.29. The van der Waals surface area contributed by atoms with Gasteiger partial charge in [0.05, 0.1) is 11.2 Å². The van der Waals surface area contributed by atoms with Crippen LogP contribution in [0.1, 0.15) is 57.2 Å². The van der Waals surface area contributed by atoms with Crippen LogP contribution in [0, 0.1) is 6.92 Å². The predicted octanol–water partition coefficient (Wildman–Crippen LogP) is 3.97. The Kier molecular flexibility index (Phi) is 4.74. The fraction of sp³-hybridized carbons (Fsp3) is 0.500. The molecule has 2 N–H and O–H groups in total. The molecule has 1 aromatic heterocycles. The summed E-state index contributed by atoms with van der Waals surface area (Å²) in [5.41, 5.74) is 2.87. The Morgan fingerprint density at radius 2 is 1.57 bits per heavy atom. The lowest BCUT2D eigenvalue weighted by atomic mass is 9.84. The van der Waals surface area contributed by atoms with Crippen molar-refractivity contribution in [2.45, 2.75) is 65.1 Å². The van der Waals surface area contributed by atoms with Crippen molar-refractivity contribution in [2.24, 2.45) is 0 Å². The molecular formula is C20H29NO2. The maximum absolute atomic E-state index is 10.4. The summed E-state index contributed by atoms with van der Waals surface area (Å²) in [6, 6.07) is 8.34. The second-order valence-electron chi connectivity index (χ2n) is 7.85. The summed E-state index contributed by atoms with van der Waals surface area (Å²) in [4.78, 5) is 0. The molecule has 0 bridgehead atoms. The molecule has 1 heterocycles. The van der Waals surface area contributed by atoms with Crippen molar-refractivity contribution in [1.82, 2.24) is 4.57 Å². The van der Waals surface area contributed by atoms with Gasteiger partial charge >= 0.3 is 0 Å². The van der Waals surface area contributed by atoms with Crippen molar-refractivity contribution in [2.75, 3.05) is 0 Å². The van der Waals surface area contributed by atoms with E-state index in [4.69, 9.17) is 0 Å². The van der Waals surface area contributed by atoms with Crippen molar-refractivity contribution in [1.29, 1.82) is 0 Å². The zero-order chi connectivity index (χ0) is 17.4. The first-order chi connectivity index (χ1) is 10.5. The van der Waals surface area contributed by atoms with Crippen LogP contribution in [0.4, 0.5) is 0 Å². The molecule has 2 rings (SSSR count). The quantitative estimate of drug-likeness (QED) is 0.877. The van der Waals surface area contributed by atoms with Gasteiger partial charge in [0.15, 0.2) is 0 Å².